The Hall–Kier alpha value is -1.30. The number of hydrogen-bond donors (Lipinski definition) is 2. The molecule has 1 heterocycles. The van der Waals surface area contributed by atoms with Gasteiger partial charge in [-0.2, -0.15) is 13.2 Å². The maximum atomic E-state index is 12.6. The van der Waals surface area contributed by atoms with Crippen molar-refractivity contribution in [1.82, 2.24) is 4.98 Å². The molecule has 1 aromatic heterocycles. The summed E-state index contributed by atoms with van der Waals surface area (Å²) in [6.07, 6.45) is -2.76. The largest absolute Gasteiger partial charge is 0.419 e. The van der Waals surface area contributed by atoms with E-state index in [9.17, 15) is 13.2 Å². The maximum absolute atomic E-state index is 12.6. The molecule has 90 valence electrons. The fourth-order valence-electron chi connectivity index (χ4n) is 1.25. The van der Waals surface area contributed by atoms with Crippen LogP contribution in [0.5, 0.6) is 0 Å². The number of aliphatic hydroxyl groups excluding tert-OH is 1. The summed E-state index contributed by atoms with van der Waals surface area (Å²) in [5.41, 5.74) is -0.792. The van der Waals surface area contributed by atoms with Crippen LogP contribution in [0.3, 0.4) is 0 Å². The second-order valence-corrected chi connectivity index (χ2v) is 3.45. The fraction of sp³-hybridized carbons (Fsp3) is 0.500. The molecule has 0 aliphatic rings. The number of pyridine rings is 1. The molecule has 0 saturated heterocycles. The summed E-state index contributed by atoms with van der Waals surface area (Å²) in [4.78, 5) is 3.65. The molecule has 0 unspecified atom stereocenters. The number of aliphatic hydroxyl groups is 1. The molecule has 0 fully saturated rings. The van der Waals surface area contributed by atoms with Gasteiger partial charge in [-0.3, -0.25) is 0 Å². The first kappa shape index (κ1) is 12.8. The number of nitrogens with one attached hydrogen (secondary N) is 1. The van der Waals surface area contributed by atoms with Crippen LogP contribution in [0.15, 0.2) is 18.3 Å². The van der Waals surface area contributed by atoms with Crippen LogP contribution in [0, 0.1) is 0 Å². The van der Waals surface area contributed by atoms with Gasteiger partial charge >= 0.3 is 6.18 Å². The van der Waals surface area contributed by atoms with E-state index in [1.807, 2.05) is 0 Å². The summed E-state index contributed by atoms with van der Waals surface area (Å²) in [6.45, 7) is 1.60. The minimum absolute atomic E-state index is 0.0810. The van der Waals surface area contributed by atoms with E-state index in [1.165, 1.54) is 12.3 Å². The first-order valence-corrected chi connectivity index (χ1v) is 4.84. The molecule has 0 aliphatic carbocycles. The molecular weight excluding hydrogens is 221 g/mol. The molecule has 0 radical (unpaired) electrons. The van der Waals surface area contributed by atoms with Gasteiger partial charge in [-0.25, -0.2) is 4.98 Å². The van der Waals surface area contributed by atoms with Crippen molar-refractivity contribution in [3.8, 4) is 0 Å². The lowest BCUT2D eigenvalue weighted by Gasteiger charge is -2.17. The highest BCUT2D eigenvalue weighted by molar-refractivity contribution is 5.46. The summed E-state index contributed by atoms with van der Waals surface area (Å²) in [5, 5.41) is 11.3. The lowest BCUT2D eigenvalue weighted by Crippen LogP contribution is -2.20. The summed E-state index contributed by atoms with van der Waals surface area (Å²) < 4.78 is 37.7. The number of anilines is 1. The normalized spacial score (nSPS) is 13.6. The zero-order valence-electron chi connectivity index (χ0n) is 8.75. The van der Waals surface area contributed by atoms with E-state index < -0.39 is 11.7 Å². The third kappa shape index (κ3) is 3.37. The van der Waals surface area contributed by atoms with Crippen LogP contribution in [-0.2, 0) is 6.18 Å². The van der Waals surface area contributed by atoms with Gasteiger partial charge in [0, 0.05) is 18.8 Å². The second-order valence-electron chi connectivity index (χ2n) is 3.45. The monoisotopic (exact) mass is 234 g/mol. The maximum Gasteiger partial charge on any atom is 0.419 e. The molecule has 1 aromatic rings. The molecule has 1 rings (SSSR count). The number of halogens is 3. The van der Waals surface area contributed by atoms with Crippen molar-refractivity contribution in [2.45, 2.75) is 25.6 Å². The van der Waals surface area contributed by atoms with Crippen LogP contribution < -0.4 is 5.32 Å². The molecule has 0 saturated carbocycles. The van der Waals surface area contributed by atoms with E-state index in [0.29, 0.717) is 6.42 Å². The Morgan fingerprint density at radius 3 is 2.75 bits per heavy atom. The van der Waals surface area contributed by atoms with Crippen molar-refractivity contribution in [1.29, 1.82) is 0 Å². The lowest BCUT2D eigenvalue weighted by molar-refractivity contribution is -0.137. The summed E-state index contributed by atoms with van der Waals surface area (Å²) in [7, 11) is 0. The van der Waals surface area contributed by atoms with Gasteiger partial charge in [0.05, 0.1) is 5.56 Å². The van der Waals surface area contributed by atoms with Crippen LogP contribution >= 0.6 is 0 Å². The first-order valence-electron chi connectivity index (χ1n) is 4.84. The van der Waals surface area contributed by atoms with Crippen LogP contribution in [0.1, 0.15) is 18.9 Å². The van der Waals surface area contributed by atoms with E-state index >= 15 is 0 Å². The van der Waals surface area contributed by atoms with Gasteiger partial charge in [0.15, 0.2) is 0 Å². The van der Waals surface area contributed by atoms with Crippen molar-refractivity contribution < 1.29 is 18.3 Å². The third-order valence-corrected chi connectivity index (χ3v) is 2.06. The predicted molar refractivity (Wildman–Crippen MR) is 54.0 cm³/mol. The lowest BCUT2D eigenvalue weighted by atomic mass is 10.2. The number of rotatable bonds is 4. The zero-order valence-corrected chi connectivity index (χ0v) is 8.75. The highest BCUT2D eigenvalue weighted by Gasteiger charge is 2.34. The van der Waals surface area contributed by atoms with Gasteiger partial charge in [-0.15, -0.1) is 0 Å². The van der Waals surface area contributed by atoms with Crippen molar-refractivity contribution in [3.05, 3.63) is 23.9 Å². The van der Waals surface area contributed by atoms with Crippen LogP contribution in [0.2, 0.25) is 0 Å². The zero-order chi connectivity index (χ0) is 12.2. The smallest absolute Gasteiger partial charge is 0.396 e. The Balaban J connectivity index is 2.87. The third-order valence-electron chi connectivity index (χ3n) is 2.06. The van der Waals surface area contributed by atoms with Gasteiger partial charge < -0.3 is 10.4 Å². The summed E-state index contributed by atoms with van der Waals surface area (Å²) in [5.74, 6) is -0.198. The van der Waals surface area contributed by atoms with Crippen LogP contribution in [-0.4, -0.2) is 22.7 Å². The SMILES string of the molecule is C[C@H](CCO)Nc1ncccc1C(F)(F)F. The van der Waals surface area contributed by atoms with Crippen LogP contribution in [0.25, 0.3) is 0 Å². The molecule has 3 nitrogen and oxygen atoms in total. The topological polar surface area (TPSA) is 45.1 Å². The van der Waals surface area contributed by atoms with Gasteiger partial charge in [0.25, 0.3) is 0 Å². The van der Waals surface area contributed by atoms with E-state index in [1.54, 1.807) is 6.92 Å². The van der Waals surface area contributed by atoms with Crippen molar-refractivity contribution in [2.24, 2.45) is 0 Å². The van der Waals surface area contributed by atoms with E-state index in [0.717, 1.165) is 6.07 Å². The van der Waals surface area contributed by atoms with Crippen molar-refractivity contribution >= 4 is 5.82 Å². The minimum atomic E-state index is -4.42. The molecule has 0 aliphatic heterocycles. The van der Waals surface area contributed by atoms with Crippen LogP contribution in [0.4, 0.5) is 19.0 Å². The quantitative estimate of drug-likeness (QED) is 0.840. The molecule has 1 atom stereocenters. The highest BCUT2D eigenvalue weighted by atomic mass is 19.4. The Morgan fingerprint density at radius 2 is 2.19 bits per heavy atom. The number of hydrogen-bond acceptors (Lipinski definition) is 3. The molecule has 6 heteroatoms. The van der Waals surface area contributed by atoms with Crippen molar-refractivity contribution in [2.75, 3.05) is 11.9 Å². The van der Waals surface area contributed by atoms with Gasteiger partial charge in [0.2, 0.25) is 0 Å². The molecular formula is C10H13F3N2O. The average molecular weight is 234 g/mol. The number of nitrogens with zero attached hydrogens (tertiary/aromatic N) is 1. The average Bonchev–Trinajstić information content (AvgIpc) is 2.17. The number of aromatic nitrogens is 1. The van der Waals surface area contributed by atoms with Gasteiger partial charge in [-0.1, -0.05) is 0 Å². The molecule has 0 bridgehead atoms. The molecule has 2 N–H and O–H groups in total. The second kappa shape index (κ2) is 5.16. The van der Waals surface area contributed by atoms with E-state index in [4.69, 9.17) is 5.11 Å². The fourth-order valence-corrected chi connectivity index (χ4v) is 1.25. The minimum Gasteiger partial charge on any atom is -0.396 e. The summed E-state index contributed by atoms with van der Waals surface area (Å²) >= 11 is 0. The molecule has 16 heavy (non-hydrogen) atoms. The molecule has 0 amide bonds. The van der Waals surface area contributed by atoms with E-state index in [-0.39, 0.29) is 18.5 Å². The first-order chi connectivity index (χ1) is 7.45. The molecule has 0 aromatic carbocycles. The van der Waals surface area contributed by atoms with Gasteiger partial charge in [-0.05, 0) is 25.5 Å². The summed E-state index contributed by atoms with van der Waals surface area (Å²) in [6, 6.07) is 1.95. The van der Waals surface area contributed by atoms with Gasteiger partial charge in [0.1, 0.15) is 5.82 Å². The Kier molecular flexibility index (Phi) is 4.12. The van der Waals surface area contributed by atoms with Crippen molar-refractivity contribution in [3.63, 3.8) is 0 Å². The Bertz CT molecular complexity index is 341. The Labute approximate surface area is 91.3 Å². The standard InChI is InChI=1S/C10H13F3N2O/c1-7(4-6-16)15-9-8(10(11,12)13)3-2-5-14-9/h2-3,5,7,16H,4,6H2,1H3,(H,14,15)/t7-/m1/s1. The Morgan fingerprint density at radius 1 is 1.50 bits per heavy atom. The number of alkyl halides is 3. The highest BCUT2D eigenvalue weighted by Crippen LogP contribution is 2.33. The molecule has 0 spiro atoms. The van der Waals surface area contributed by atoms with E-state index in [2.05, 4.69) is 10.3 Å². The predicted octanol–water partition coefficient (Wildman–Crippen LogP) is 2.28.